The number of carbonyl (C=O) groups is 2. The fourth-order valence-electron chi connectivity index (χ4n) is 2.21. The zero-order chi connectivity index (χ0) is 20.1. The third-order valence-electron chi connectivity index (χ3n) is 3.57. The van der Waals surface area contributed by atoms with Crippen molar-refractivity contribution in [1.29, 1.82) is 0 Å². The number of carboxylic acids is 1. The van der Waals surface area contributed by atoms with E-state index in [0.717, 1.165) is 19.5 Å². The van der Waals surface area contributed by atoms with Crippen LogP contribution < -0.4 is 10.6 Å². The lowest BCUT2D eigenvalue weighted by atomic mass is 10.0. The van der Waals surface area contributed by atoms with Gasteiger partial charge >= 0.3 is 12.1 Å². The van der Waals surface area contributed by atoms with E-state index in [2.05, 4.69) is 15.6 Å². The fourth-order valence-corrected chi connectivity index (χ4v) is 2.63. The Balaban J connectivity index is 0.000000412. The molecule has 1 saturated heterocycles. The van der Waals surface area contributed by atoms with E-state index in [9.17, 15) is 18.0 Å². The van der Waals surface area contributed by atoms with Crippen LogP contribution in [0.2, 0.25) is 10.0 Å². The Morgan fingerprint density at radius 2 is 1.88 bits per heavy atom. The number of aryl methyl sites for hydroxylation is 1. The molecule has 0 bridgehead atoms. The van der Waals surface area contributed by atoms with Gasteiger partial charge in [0.15, 0.2) is 0 Å². The molecule has 2 heterocycles. The van der Waals surface area contributed by atoms with Gasteiger partial charge in [-0.1, -0.05) is 23.2 Å². The Labute approximate surface area is 157 Å². The Morgan fingerprint density at radius 1 is 1.31 bits per heavy atom. The molecule has 1 fully saturated rings. The first-order valence-electron chi connectivity index (χ1n) is 7.37. The quantitative estimate of drug-likeness (QED) is 0.602. The highest BCUT2D eigenvalue weighted by Gasteiger charge is 2.38. The number of piperidine rings is 1. The Hall–Kier alpha value is -1.49. The van der Waals surface area contributed by atoms with Crippen molar-refractivity contribution >= 4 is 35.1 Å². The minimum atomic E-state index is -5.08. The number of amides is 1. The molecule has 2 rings (SSSR count). The SMILES string of the molecule is CO[C@H]1CNCC[C@H]1NC(=O)c1[nH]c(C)c(Cl)c1Cl.O=C(O)C(F)(F)F. The first-order valence-corrected chi connectivity index (χ1v) is 8.12. The average Bonchev–Trinajstić information content (AvgIpc) is 2.82. The molecule has 0 saturated carbocycles. The summed E-state index contributed by atoms with van der Waals surface area (Å²) >= 11 is 12.0. The van der Waals surface area contributed by atoms with Gasteiger partial charge in [0.25, 0.3) is 5.91 Å². The molecule has 26 heavy (non-hydrogen) atoms. The van der Waals surface area contributed by atoms with Crippen LogP contribution in [0.15, 0.2) is 0 Å². The van der Waals surface area contributed by atoms with Crippen molar-refractivity contribution in [2.75, 3.05) is 20.2 Å². The molecule has 148 valence electrons. The molecule has 12 heteroatoms. The second kappa shape index (κ2) is 9.45. The lowest BCUT2D eigenvalue weighted by Gasteiger charge is -2.31. The molecule has 1 aromatic rings. The van der Waals surface area contributed by atoms with E-state index in [-0.39, 0.29) is 23.1 Å². The summed E-state index contributed by atoms with van der Waals surface area (Å²) in [6, 6.07) is -0.0304. The molecule has 1 amide bonds. The molecule has 1 aromatic heterocycles. The maximum absolute atomic E-state index is 12.2. The summed E-state index contributed by atoms with van der Waals surface area (Å²) in [4.78, 5) is 24.0. The van der Waals surface area contributed by atoms with E-state index in [1.807, 2.05) is 0 Å². The third-order valence-corrected chi connectivity index (χ3v) is 4.52. The number of rotatable bonds is 3. The molecular weight excluding hydrogens is 402 g/mol. The number of hydrogen-bond donors (Lipinski definition) is 4. The molecule has 1 aliphatic rings. The van der Waals surface area contributed by atoms with Gasteiger partial charge in [-0.25, -0.2) is 4.79 Å². The van der Waals surface area contributed by atoms with Gasteiger partial charge in [0.2, 0.25) is 0 Å². The van der Waals surface area contributed by atoms with E-state index in [0.29, 0.717) is 16.4 Å². The molecule has 0 aliphatic carbocycles. The minimum Gasteiger partial charge on any atom is -0.475 e. The van der Waals surface area contributed by atoms with Crippen molar-refractivity contribution in [2.24, 2.45) is 0 Å². The second-order valence-electron chi connectivity index (χ2n) is 5.40. The molecule has 2 atom stereocenters. The Bertz CT molecular complexity index is 652. The number of aromatic nitrogens is 1. The number of nitrogens with one attached hydrogen (secondary N) is 3. The molecular formula is C14H18Cl2F3N3O4. The van der Waals surface area contributed by atoms with Gasteiger partial charge in [-0.3, -0.25) is 4.79 Å². The van der Waals surface area contributed by atoms with Gasteiger partial charge < -0.3 is 25.5 Å². The van der Waals surface area contributed by atoms with E-state index in [1.165, 1.54) is 0 Å². The lowest BCUT2D eigenvalue weighted by Crippen LogP contribution is -2.53. The number of aromatic amines is 1. The summed E-state index contributed by atoms with van der Waals surface area (Å²) in [5.41, 5.74) is 0.989. The third kappa shape index (κ3) is 6.04. The normalized spacial score (nSPS) is 20.1. The number of halogens is 5. The number of carbonyl (C=O) groups excluding carboxylic acids is 1. The molecule has 4 N–H and O–H groups in total. The number of H-pyrrole nitrogens is 1. The Morgan fingerprint density at radius 3 is 2.31 bits per heavy atom. The van der Waals surface area contributed by atoms with Crippen molar-refractivity contribution in [3.63, 3.8) is 0 Å². The van der Waals surface area contributed by atoms with Crippen molar-refractivity contribution < 1.29 is 32.6 Å². The van der Waals surface area contributed by atoms with Gasteiger partial charge in [-0.05, 0) is 19.9 Å². The van der Waals surface area contributed by atoms with Crippen molar-refractivity contribution in [3.05, 3.63) is 21.4 Å². The summed E-state index contributed by atoms with van der Waals surface area (Å²) < 4.78 is 37.1. The summed E-state index contributed by atoms with van der Waals surface area (Å²) in [5.74, 6) is -3.01. The molecule has 7 nitrogen and oxygen atoms in total. The predicted molar refractivity (Wildman–Crippen MR) is 88.8 cm³/mol. The Kier molecular flexibility index (Phi) is 8.19. The summed E-state index contributed by atoms with van der Waals surface area (Å²) in [7, 11) is 1.64. The second-order valence-corrected chi connectivity index (χ2v) is 6.16. The first kappa shape index (κ1) is 22.6. The molecule has 0 radical (unpaired) electrons. The van der Waals surface area contributed by atoms with Gasteiger partial charge in [0.05, 0.1) is 22.2 Å². The van der Waals surface area contributed by atoms with Crippen LogP contribution in [-0.4, -0.2) is 60.5 Å². The number of alkyl halides is 3. The van der Waals surface area contributed by atoms with Gasteiger partial charge in [0.1, 0.15) is 5.69 Å². The van der Waals surface area contributed by atoms with Gasteiger partial charge in [0, 0.05) is 19.3 Å². The van der Waals surface area contributed by atoms with E-state index >= 15 is 0 Å². The number of hydrogen-bond acceptors (Lipinski definition) is 4. The van der Waals surface area contributed by atoms with Crippen LogP contribution in [-0.2, 0) is 9.53 Å². The largest absolute Gasteiger partial charge is 0.490 e. The van der Waals surface area contributed by atoms with Crippen molar-refractivity contribution in [2.45, 2.75) is 31.7 Å². The maximum atomic E-state index is 12.2. The maximum Gasteiger partial charge on any atom is 0.490 e. The standard InChI is InChI=1S/C12H17Cl2N3O2.C2HF3O2/c1-6-9(13)10(14)11(16-6)12(18)17-7-3-4-15-5-8(7)19-2;3-2(4,5)1(6)7/h7-8,15-16H,3-5H2,1-2H3,(H,17,18);(H,6,7)/t7-,8+;/m1./s1. The van der Waals surface area contributed by atoms with Crippen LogP contribution in [0.4, 0.5) is 13.2 Å². The van der Waals surface area contributed by atoms with E-state index in [1.54, 1.807) is 14.0 Å². The fraction of sp³-hybridized carbons (Fsp3) is 0.571. The summed E-state index contributed by atoms with van der Waals surface area (Å²) in [6.45, 7) is 3.34. The van der Waals surface area contributed by atoms with Crippen LogP contribution in [0, 0.1) is 6.92 Å². The van der Waals surface area contributed by atoms with Crippen LogP contribution in [0.25, 0.3) is 0 Å². The highest BCUT2D eigenvalue weighted by molar-refractivity contribution is 6.44. The first-order chi connectivity index (χ1) is 12.0. The van der Waals surface area contributed by atoms with Crippen LogP contribution >= 0.6 is 23.2 Å². The average molecular weight is 420 g/mol. The monoisotopic (exact) mass is 419 g/mol. The molecule has 0 spiro atoms. The summed E-state index contributed by atoms with van der Waals surface area (Å²) in [5, 5.41) is 13.9. The number of ether oxygens (including phenoxy) is 1. The van der Waals surface area contributed by atoms with Crippen LogP contribution in [0.3, 0.4) is 0 Å². The molecule has 0 aromatic carbocycles. The number of methoxy groups -OCH3 is 1. The smallest absolute Gasteiger partial charge is 0.475 e. The zero-order valence-electron chi connectivity index (χ0n) is 13.8. The predicted octanol–water partition coefficient (Wildman–Crippen LogP) is 2.37. The highest BCUT2D eigenvalue weighted by Crippen LogP contribution is 2.29. The minimum absolute atomic E-state index is 0.0304. The topological polar surface area (TPSA) is 103 Å². The van der Waals surface area contributed by atoms with Crippen molar-refractivity contribution in [3.8, 4) is 0 Å². The zero-order valence-corrected chi connectivity index (χ0v) is 15.3. The van der Waals surface area contributed by atoms with Gasteiger partial charge in [-0.2, -0.15) is 13.2 Å². The van der Waals surface area contributed by atoms with Crippen LogP contribution in [0.5, 0.6) is 0 Å². The number of carboxylic acid groups (broad SMARTS) is 1. The van der Waals surface area contributed by atoms with E-state index < -0.39 is 12.1 Å². The molecule has 1 aliphatic heterocycles. The van der Waals surface area contributed by atoms with Crippen LogP contribution in [0.1, 0.15) is 22.6 Å². The van der Waals surface area contributed by atoms with Crippen molar-refractivity contribution in [1.82, 2.24) is 15.6 Å². The van der Waals surface area contributed by atoms with Gasteiger partial charge in [-0.15, -0.1) is 0 Å². The summed E-state index contributed by atoms with van der Waals surface area (Å²) in [6.07, 6.45) is -4.31. The molecule has 0 unspecified atom stereocenters. The van der Waals surface area contributed by atoms with E-state index in [4.69, 9.17) is 37.8 Å². The highest BCUT2D eigenvalue weighted by atomic mass is 35.5. The number of aliphatic carboxylic acids is 1. The lowest BCUT2D eigenvalue weighted by molar-refractivity contribution is -0.192.